The molecule has 0 heterocycles. The van der Waals surface area contributed by atoms with Crippen LogP contribution < -0.4 is 22.6 Å². The third kappa shape index (κ3) is 11.9. The van der Waals surface area contributed by atoms with E-state index in [0.717, 1.165) is 11.4 Å². The Hall–Kier alpha value is -1.85. The second-order valence-corrected chi connectivity index (χ2v) is 4.71. The number of carboxylic acid groups (broad SMARTS) is 1. The number of halogens is 1. The van der Waals surface area contributed by atoms with Gasteiger partial charge in [0, 0.05) is 13.0 Å². The molecule has 0 saturated heterocycles. The molecule has 0 bridgehead atoms. The smallest absolute Gasteiger partial charge is 0.320 e. The van der Waals surface area contributed by atoms with Gasteiger partial charge in [-0.2, -0.15) is 15.8 Å². The summed E-state index contributed by atoms with van der Waals surface area (Å²) in [6, 6.07) is 5.49. The van der Waals surface area contributed by atoms with Gasteiger partial charge in [-0.1, -0.05) is 0 Å². The molecule has 0 aromatic heterocycles. The maximum atomic E-state index is 11.1. The Labute approximate surface area is 137 Å². The van der Waals surface area contributed by atoms with E-state index in [1.54, 1.807) is 0 Å². The minimum Gasteiger partial charge on any atom is -1.00 e. The average molecular weight is 328 g/mol. The molecule has 0 aromatic rings. The van der Waals surface area contributed by atoms with E-state index < -0.39 is 12.0 Å². The molecule has 0 unspecified atom stereocenters. The van der Waals surface area contributed by atoms with Crippen LogP contribution in [-0.2, 0) is 4.79 Å². The van der Waals surface area contributed by atoms with E-state index >= 15 is 0 Å². The SMILES string of the molecule is N#CCCN[C@@H](CCC[NH+](CCC#N)CCC#N)C(=O)O.[Cl-]. The lowest BCUT2D eigenvalue weighted by Crippen LogP contribution is -3.12. The predicted molar refractivity (Wildman–Crippen MR) is 74.9 cm³/mol. The first-order chi connectivity index (χ1) is 10.2. The fraction of sp³-hybridized carbons (Fsp3) is 0.714. The van der Waals surface area contributed by atoms with Crippen LogP contribution in [0.2, 0.25) is 0 Å². The largest absolute Gasteiger partial charge is 1.00 e. The number of aliphatic carboxylic acids is 1. The first-order valence-electron chi connectivity index (χ1n) is 7.06. The number of quaternary nitrogens is 1. The summed E-state index contributed by atoms with van der Waals surface area (Å²) >= 11 is 0. The second-order valence-electron chi connectivity index (χ2n) is 4.71. The van der Waals surface area contributed by atoms with Gasteiger partial charge in [0.25, 0.3) is 0 Å². The molecule has 0 radical (unpaired) electrons. The summed E-state index contributed by atoms with van der Waals surface area (Å²) in [5, 5.41) is 37.6. The van der Waals surface area contributed by atoms with Gasteiger partial charge in [-0.05, 0) is 12.8 Å². The number of nitriles is 3. The van der Waals surface area contributed by atoms with E-state index in [1.807, 2.05) is 6.07 Å². The van der Waals surface area contributed by atoms with Gasteiger partial charge in [0.15, 0.2) is 0 Å². The Kier molecular flexibility index (Phi) is 15.8. The van der Waals surface area contributed by atoms with Crippen LogP contribution in [-0.4, -0.2) is 43.3 Å². The maximum absolute atomic E-state index is 11.1. The molecule has 7 nitrogen and oxygen atoms in total. The molecule has 1 atom stereocenters. The summed E-state index contributed by atoms with van der Waals surface area (Å²) in [6.45, 7) is 2.47. The molecule has 0 spiro atoms. The van der Waals surface area contributed by atoms with Crippen molar-refractivity contribution in [3.8, 4) is 18.2 Å². The molecule has 3 N–H and O–H groups in total. The highest BCUT2D eigenvalue weighted by atomic mass is 35.5. The number of hydrogen-bond acceptors (Lipinski definition) is 5. The Balaban J connectivity index is 0. The van der Waals surface area contributed by atoms with E-state index in [4.69, 9.17) is 20.9 Å². The molecule has 22 heavy (non-hydrogen) atoms. The Morgan fingerprint density at radius 1 is 1.05 bits per heavy atom. The Morgan fingerprint density at radius 2 is 1.59 bits per heavy atom. The number of nitrogens with zero attached hydrogens (tertiary/aromatic N) is 3. The lowest BCUT2D eigenvalue weighted by atomic mass is 10.1. The molecular formula is C14H22ClN5O2. The highest BCUT2D eigenvalue weighted by Gasteiger charge is 2.17. The van der Waals surface area contributed by atoms with Crippen molar-refractivity contribution in [1.29, 1.82) is 15.8 Å². The highest BCUT2D eigenvalue weighted by Crippen LogP contribution is 1.96. The summed E-state index contributed by atoms with van der Waals surface area (Å²) in [5.41, 5.74) is 0. The summed E-state index contributed by atoms with van der Waals surface area (Å²) in [4.78, 5) is 12.2. The minimum absolute atomic E-state index is 0. The van der Waals surface area contributed by atoms with Gasteiger partial charge in [-0.3, -0.25) is 4.79 Å². The zero-order valence-electron chi connectivity index (χ0n) is 12.5. The third-order valence-corrected chi connectivity index (χ3v) is 3.13. The minimum atomic E-state index is -0.913. The first kappa shape index (κ1) is 22.4. The molecule has 0 fully saturated rings. The van der Waals surface area contributed by atoms with Gasteiger partial charge < -0.3 is 27.7 Å². The van der Waals surface area contributed by atoms with E-state index in [0.29, 0.717) is 45.3 Å². The molecule has 0 amide bonds. The first-order valence-corrected chi connectivity index (χ1v) is 7.06. The number of carboxylic acids is 1. The summed E-state index contributed by atoms with van der Waals surface area (Å²) in [7, 11) is 0. The zero-order chi connectivity index (χ0) is 15.9. The number of hydrogen-bond donors (Lipinski definition) is 3. The van der Waals surface area contributed by atoms with Gasteiger partial charge in [-0.25, -0.2) is 0 Å². The van der Waals surface area contributed by atoms with Gasteiger partial charge in [0.05, 0.1) is 50.7 Å². The molecule has 0 rings (SSSR count). The monoisotopic (exact) mass is 327 g/mol. The van der Waals surface area contributed by atoms with Crippen molar-refractivity contribution in [2.75, 3.05) is 26.2 Å². The molecule has 0 aliphatic heterocycles. The molecule has 0 aliphatic carbocycles. The molecule has 0 aliphatic rings. The van der Waals surface area contributed by atoms with Crippen molar-refractivity contribution < 1.29 is 27.2 Å². The van der Waals surface area contributed by atoms with E-state index in [9.17, 15) is 4.79 Å². The van der Waals surface area contributed by atoms with Crippen molar-refractivity contribution >= 4 is 5.97 Å². The van der Waals surface area contributed by atoms with Crippen molar-refractivity contribution in [1.82, 2.24) is 5.32 Å². The van der Waals surface area contributed by atoms with E-state index in [1.165, 1.54) is 0 Å². The van der Waals surface area contributed by atoms with Crippen LogP contribution in [0.1, 0.15) is 32.1 Å². The lowest BCUT2D eigenvalue weighted by molar-refractivity contribution is -0.899. The van der Waals surface area contributed by atoms with Crippen molar-refractivity contribution in [2.45, 2.75) is 38.1 Å². The fourth-order valence-corrected chi connectivity index (χ4v) is 2.01. The van der Waals surface area contributed by atoms with Gasteiger partial charge in [-0.15, -0.1) is 0 Å². The van der Waals surface area contributed by atoms with Crippen LogP contribution in [0, 0.1) is 34.0 Å². The van der Waals surface area contributed by atoms with Crippen LogP contribution in [0.4, 0.5) is 0 Å². The van der Waals surface area contributed by atoms with E-state index in [2.05, 4.69) is 17.5 Å². The summed E-state index contributed by atoms with van der Waals surface area (Å²) < 4.78 is 0. The van der Waals surface area contributed by atoms with Gasteiger partial charge >= 0.3 is 5.97 Å². The van der Waals surface area contributed by atoms with Crippen LogP contribution in [0.3, 0.4) is 0 Å². The van der Waals surface area contributed by atoms with Crippen molar-refractivity contribution in [3.05, 3.63) is 0 Å². The van der Waals surface area contributed by atoms with Crippen LogP contribution in [0.5, 0.6) is 0 Å². The molecule has 0 saturated carbocycles. The lowest BCUT2D eigenvalue weighted by Gasteiger charge is -2.18. The number of nitrogens with one attached hydrogen (secondary N) is 2. The van der Waals surface area contributed by atoms with E-state index in [-0.39, 0.29) is 18.8 Å². The Bertz CT molecular complexity index is 406. The van der Waals surface area contributed by atoms with Crippen LogP contribution >= 0.6 is 0 Å². The van der Waals surface area contributed by atoms with Crippen molar-refractivity contribution in [2.24, 2.45) is 0 Å². The predicted octanol–water partition coefficient (Wildman–Crippen LogP) is -3.56. The van der Waals surface area contributed by atoms with Crippen LogP contribution in [0.25, 0.3) is 0 Å². The number of rotatable bonds is 12. The molecular weight excluding hydrogens is 306 g/mol. The van der Waals surface area contributed by atoms with Gasteiger partial charge in [0.1, 0.15) is 6.04 Å². The summed E-state index contributed by atoms with van der Waals surface area (Å²) in [5.74, 6) is -0.913. The molecule has 8 heteroatoms. The third-order valence-electron chi connectivity index (χ3n) is 3.13. The maximum Gasteiger partial charge on any atom is 0.320 e. The topological polar surface area (TPSA) is 125 Å². The fourth-order valence-electron chi connectivity index (χ4n) is 2.01. The van der Waals surface area contributed by atoms with Crippen molar-refractivity contribution in [3.63, 3.8) is 0 Å². The van der Waals surface area contributed by atoms with Gasteiger partial charge in [0.2, 0.25) is 0 Å². The average Bonchev–Trinajstić information content (AvgIpc) is 2.47. The molecule has 0 aromatic carbocycles. The quantitative estimate of drug-likeness (QED) is 0.319. The normalized spacial score (nSPS) is 10.8. The number of carbonyl (C=O) groups is 1. The summed E-state index contributed by atoms with van der Waals surface area (Å²) in [6.07, 6.45) is 2.32. The zero-order valence-corrected chi connectivity index (χ0v) is 13.3. The van der Waals surface area contributed by atoms with Crippen LogP contribution in [0.15, 0.2) is 0 Å². The highest BCUT2D eigenvalue weighted by molar-refractivity contribution is 5.73. The molecule has 122 valence electrons. The Morgan fingerprint density at radius 3 is 2.05 bits per heavy atom. The standard InChI is InChI=1S/C14H21N5O2.ClH/c15-6-2-9-18-13(14(20)21)5-1-10-19(11-3-7-16)12-4-8-17;/h13,18H,1-5,9-12H2,(H,20,21);1H/t13-;/m0./s1. The second kappa shape index (κ2) is 15.5.